The van der Waals surface area contributed by atoms with Gasteiger partial charge >= 0.3 is 0 Å². The van der Waals surface area contributed by atoms with Gasteiger partial charge in [0.1, 0.15) is 10.6 Å². The highest BCUT2D eigenvalue weighted by Gasteiger charge is 2.40. The van der Waals surface area contributed by atoms with Crippen LogP contribution in [-0.2, 0) is 21.2 Å². The highest BCUT2D eigenvalue weighted by atomic mass is 32.2. The van der Waals surface area contributed by atoms with Crippen molar-refractivity contribution in [2.45, 2.75) is 30.2 Å². The Morgan fingerprint density at radius 3 is 2.73 bits per heavy atom. The lowest BCUT2D eigenvalue weighted by atomic mass is 9.96. The fourth-order valence-electron chi connectivity index (χ4n) is 4.08. The summed E-state index contributed by atoms with van der Waals surface area (Å²) in [6.07, 6.45) is 3.39. The van der Waals surface area contributed by atoms with E-state index in [9.17, 15) is 13.2 Å². The second-order valence-electron chi connectivity index (χ2n) is 8.00. The standard InChI is InChI=1S/C21H27N3O4S2/c1-23(2)30(26,27)19-12-15(6-7-17(19)28-3)22-20(25)13-24-10-8-18-16(9-11-29-18)21(24)14-4-5-14/h6-7,9,11-12,14,21H,4-5,8,10,13H2,1-3H3,(H,22,25). The first kappa shape index (κ1) is 21.3. The van der Waals surface area contributed by atoms with E-state index in [1.165, 1.54) is 50.6 Å². The topological polar surface area (TPSA) is 79.0 Å². The Morgan fingerprint density at radius 1 is 1.30 bits per heavy atom. The first-order valence-corrected chi connectivity index (χ1v) is 12.3. The van der Waals surface area contributed by atoms with Crippen molar-refractivity contribution >= 4 is 33.0 Å². The van der Waals surface area contributed by atoms with Crippen molar-refractivity contribution in [3.8, 4) is 5.75 Å². The van der Waals surface area contributed by atoms with E-state index in [1.54, 1.807) is 12.1 Å². The van der Waals surface area contributed by atoms with Crippen molar-refractivity contribution in [2.24, 2.45) is 5.92 Å². The number of sulfonamides is 1. The van der Waals surface area contributed by atoms with E-state index in [0.29, 0.717) is 17.6 Å². The number of nitrogens with one attached hydrogen (secondary N) is 1. The van der Waals surface area contributed by atoms with Crippen LogP contribution in [0.15, 0.2) is 34.5 Å². The number of carbonyl (C=O) groups is 1. The maximum Gasteiger partial charge on any atom is 0.246 e. The number of anilines is 1. The smallest absolute Gasteiger partial charge is 0.246 e. The second-order valence-corrected chi connectivity index (χ2v) is 11.1. The molecule has 1 aliphatic heterocycles. The van der Waals surface area contributed by atoms with Crippen LogP contribution in [0.25, 0.3) is 0 Å². The Morgan fingerprint density at radius 2 is 2.07 bits per heavy atom. The molecule has 2 heterocycles. The summed E-state index contributed by atoms with van der Waals surface area (Å²) in [6.45, 7) is 1.16. The molecule has 1 atom stereocenters. The molecule has 0 bridgehead atoms. The predicted octanol–water partition coefficient (Wildman–Crippen LogP) is 2.95. The van der Waals surface area contributed by atoms with Gasteiger partial charge in [0.25, 0.3) is 0 Å². The van der Waals surface area contributed by atoms with Crippen LogP contribution in [0.3, 0.4) is 0 Å². The second kappa shape index (κ2) is 8.30. The van der Waals surface area contributed by atoms with Gasteiger partial charge in [0.15, 0.2) is 0 Å². The average Bonchev–Trinajstić information content (AvgIpc) is 3.43. The molecule has 1 saturated carbocycles. The number of nitrogens with zero attached hydrogens (tertiary/aromatic N) is 2. The Balaban J connectivity index is 1.51. The van der Waals surface area contributed by atoms with Crippen molar-refractivity contribution in [3.63, 3.8) is 0 Å². The third kappa shape index (κ3) is 4.12. The van der Waals surface area contributed by atoms with Crippen LogP contribution in [0.2, 0.25) is 0 Å². The number of hydrogen-bond acceptors (Lipinski definition) is 6. The van der Waals surface area contributed by atoms with E-state index >= 15 is 0 Å². The molecule has 7 nitrogen and oxygen atoms in total. The van der Waals surface area contributed by atoms with Crippen molar-refractivity contribution in [1.82, 2.24) is 9.21 Å². The molecule has 1 aromatic carbocycles. The number of rotatable bonds is 7. The van der Waals surface area contributed by atoms with Crippen LogP contribution in [0.5, 0.6) is 5.75 Å². The van der Waals surface area contributed by atoms with Gasteiger partial charge in [-0.25, -0.2) is 12.7 Å². The zero-order chi connectivity index (χ0) is 21.5. The van der Waals surface area contributed by atoms with E-state index in [1.807, 2.05) is 11.3 Å². The molecule has 162 valence electrons. The number of carbonyl (C=O) groups excluding carboxylic acids is 1. The molecule has 2 aliphatic rings. The normalized spacial score (nSPS) is 19.5. The largest absolute Gasteiger partial charge is 0.495 e. The van der Waals surface area contributed by atoms with Gasteiger partial charge in [0.05, 0.1) is 13.7 Å². The van der Waals surface area contributed by atoms with Crippen molar-refractivity contribution in [2.75, 3.05) is 39.6 Å². The molecule has 30 heavy (non-hydrogen) atoms. The summed E-state index contributed by atoms with van der Waals surface area (Å²) in [4.78, 5) is 16.6. The number of methoxy groups -OCH3 is 1. The summed E-state index contributed by atoms with van der Waals surface area (Å²) in [6, 6.07) is 7.20. The highest BCUT2D eigenvalue weighted by Crippen LogP contribution is 2.48. The zero-order valence-electron chi connectivity index (χ0n) is 17.4. The lowest BCUT2D eigenvalue weighted by Gasteiger charge is -2.35. The van der Waals surface area contributed by atoms with Gasteiger partial charge in [-0.2, -0.15) is 0 Å². The summed E-state index contributed by atoms with van der Waals surface area (Å²) in [5.74, 6) is 0.735. The van der Waals surface area contributed by atoms with Crippen LogP contribution in [0, 0.1) is 5.92 Å². The fourth-order valence-corrected chi connectivity index (χ4v) is 6.07. The fraction of sp³-hybridized carbons (Fsp3) is 0.476. The third-order valence-corrected chi connectivity index (χ3v) is 8.57. The molecule has 1 aromatic heterocycles. The molecule has 0 spiro atoms. The van der Waals surface area contributed by atoms with Crippen molar-refractivity contribution in [3.05, 3.63) is 40.1 Å². The summed E-state index contributed by atoms with van der Waals surface area (Å²) in [5, 5.41) is 5.02. The van der Waals surface area contributed by atoms with E-state index in [0.717, 1.165) is 17.3 Å². The highest BCUT2D eigenvalue weighted by molar-refractivity contribution is 7.89. The maximum absolute atomic E-state index is 12.8. The lowest BCUT2D eigenvalue weighted by molar-refractivity contribution is -0.118. The van der Waals surface area contributed by atoms with Crippen LogP contribution in [0.1, 0.15) is 29.3 Å². The molecule has 1 fully saturated rings. The zero-order valence-corrected chi connectivity index (χ0v) is 19.1. The summed E-state index contributed by atoms with van der Waals surface area (Å²) >= 11 is 1.81. The number of amides is 1. The van der Waals surface area contributed by atoms with Gasteiger partial charge in [-0.05, 0) is 60.4 Å². The Bertz CT molecular complexity index is 1040. The molecule has 1 unspecified atom stereocenters. The Hall–Kier alpha value is -1.94. The van der Waals surface area contributed by atoms with Gasteiger partial charge in [0.2, 0.25) is 15.9 Å². The van der Waals surface area contributed by atoms with Crippen molar-refractivity contribution in [1.29, 1.82) is 0 Å². The predicted molar refractivity (Wildman–Crippen MR) is 118 cm³/mol. The molecule has 2 aromatic rings. The van der Waals surface area contributed by atoms with Crippen LogP contribution in [-0.4, -0.2) is 57.8 Å². The number of ether oxygens (including phenoxy) is 1. The van der Waals surface area contributed by atoms with E-state index in [-0.39, 0.29) is 23.1 Å². The third-order valence-electron chi connectivity index (χ3n) is 5.74. The minimum atomic E-state index is -3.70. The Labute approximate surface area is 181 Å². The SMILES string of the molecule is COc1ccc(NC(=O)CN2CCc3sccc3C2C2CC2)cc1S(=O)(=O)N(C)C. The number of thiophene rings is 1. The molecular weight excluding hydrogens is 422 g/mol. The first-order valence-electron chi connectivity index (χ1n) is 10.0. The van der Waals surface area contributed by atoms with Crippen molar-refractivity contribution < 1.29 is 17.9 Å². The Kier molecular flexibility index (Phi) is 5.89. The average molecular weight is 450 g/mol. The molecular formula is C21H27N3O4S2. The van der Waals surface area contributed by atoms with Gasteiger partial charge < -0.3 is 10.1 Å². The summed E-state index contributed by atoms with van der Waals surface area (Å²) < 4.78 is 31.6. The number of benzene rings is 1. The van der Waals surface area contributed by atoms with E-state index in [4.69, 9.17) is 4.74 Å². The van der Waals surface area contributed by atoms with Crippen LogP contribution >= 0.6 is 11.3 Å². The molecule has 9 heteroatoms. The van der Waals surface area contributed by atoms with E-state index < -0.39 is 10.0 Å². The molecule has 1 aliphatic carbocycles. The van der Waals surface area contributed by atoms with Gasteiger partial charge in [0, 0.05) is 37.2 Å². The summed E-state index contributed by atoms with van der Waals surface area (Å²) in [5.41, 5.74) is 1.82. The minimum absolute atomic E-state index is 0.0320. The van der Waals surface area contributed by atoms with Gasteiger partial charge in [-0.3, -0.25) is 9.69 Å². The quantitative estimate of drug-likeness (QED) is 0.703. The van der Waals surface area contributed by atoms with Gasteiger partial charge in [-0.1, -0.05) is 0 Å². The van der Waals surface area contributed by atoms with E-state index in [2.05, 4.69) is 21.7 Å². The van der Waals surface area contributed by atoms with Crippen LogP contribution in [0.4, 0.5) is 5.69 Å². The van der Waals surface area contributed by atoms with Gasteiger partial charge in [-0.15, -0.1) is 11.3 Å². The first-order chi connectivity index (χ1) is 14.3. The number of hydrogen-bond donors (Lipinski definition) is 1. The molecule has 0 radical (unpaired) electrons. The maximum atomic E-state index is 12.8. The molecule has 1 amide bonds. The molecule has 1 N–H and O–H groups in total. The van der Waals surface area contributed by atoms with Crippen LogP contribution < -0.4 is 10.1 Å². The minimum Gasteiger partial charge on any atom is -0.495 e. The lowest BCUT2D eigenvalue weighted by Crippen LogP contribution is -2.41. The molecule has 0 saturated heterocycles. The summed E-state index contributed by atoms with van der Waals surface area (Å²) in [7, 11) is 0.661. The molecule has 4 rings (SSSR count). The monoisotopic (exact) mass is 449 g/mol. The number of fused-ring (bicyclic) bond motifs is 1.